The molecule has 0 saturated carbocycles. The number of ketones is 1. The van der Waals surface area contributed by atoms with E-state index in [-0.39, 0.29) is 19.0 Å². The number of hydrogen-bond donors (Lipinski definition) is 3. The maximum Gasteiger partial charge on any atom is 0.152 e. The van der Waals surface area contributed by atoms with E-state index in [0.29, 0.717) is 13.0 Å². The summed E-state index contributed by atoms with van der Waals surface area (Å²) in [6.45, 7) is 2.28. The third-order valence-electron chi connectivity index (χ3n) is 2.35. The fraction of sp³-hybridized carbons (Fsp3) is 0.909. The second-order valence-corrected chi connectivity index (χ2v) is 3.69. The van der Waals surface area contributed by atoms with Crippen molar-refractivity contribution in [1.82, 2.24) is 5.32 Å². The van der Waals surface area contributed by atoms with Crippen LogP contribution in [0.4, 0.5) is 0 Å². The molecule has 0 rings (SSSR count). The second-order valence-electron chi connectivity index (χ2n) is 3.69. The van der Waals surface area contributed by atoms with Crippen LogP contribution < -0.4 is 5.32 Å². The van der Waals surface area contributed by atoms with Crippen LogP contribution in [0.2, 0.25) is 0 Å². The number of carbonyl (C=O) groups excluding carboxylic acids is 1. The fourth-order valence-electron chi connectivity index (χ4n) is 1.42. The second kappa shape index (κ2) is 10.1. The Morgan fingerprint density at radius 3 is 2.53 bits per heavy atom. The van der Waals surface area contributed by atoms with Crippen molar-refractivity contribution in [3.8, 4) is 0 Å². The van der Waals surface area contributed by atoms with Gasteiger partial charge in [0.1, 0.15) is 0 Å². The quantitative estimate of drug-likeness (QED) is 0.465. The average Bonchev–Trinajstić information content (AvgIpc) is 2.25. The van der Waals surface area contributed by atoms with Gasteiger partial charge in [0.2, 0.25) is 0 Å². The summed E-state index contributed by atoms with van der Waals surface area (Å²) < 4.78 is 0. The summed E-state index contributed by atoms with van der Waals surface area (Å²) >= 11 is 0. The monoisotopic (exact) mass is 217 g/mol. The minimum atomic E-state index is -0.501. The molecule has 0 radical (unpaired) electrons. The number of carbonyl (C=O) groups is 1. The summed E-state index contributed by atoms with van der Waals surface area (Å²) in [6, 6.07) is -0.501. The molecule has 3 N–H and O–H groups in total. The summed E-state index contributed by atoms with van der Waals surface area (Å²) in [5.74, 6) is 0.0436. The highest BCUT2D eigenvalue weighted by molar-refractivity contribution is 5.84. The van der Waals surface area contributed by atoms with Gasteiger partial charge in [-0.15, -0.1) is 0 Å². The van der Waals surface area contributed by atoms with Crippen LogP contribution in [0.25, 0.3) is 0 Å². The Kier molecular flexibility index (Phi) is 9.78. The zero-order chi connectivity index (χ0) is 11.5. The Labute approximate surface area is 91.7 Å². The molecule has 0 amide bonds. The van der Waals surface area contributed by atoms with Crippen molar-refractivity contribution in [3.63, 3.8) is 0 Å². The molecular weight excluding hydrogens is 194 g/mol. The number of aliphatic hydroxyl groups excluding tert-OH is 2. The molecule has 0 saturated heterocycles. The van der Waals surface area contributed by atoms with Crippen LogP contribution in [0.15, 0.2) is 0 Å². The largest absolute Gasteiger partial charge is 0.395 e. The Balaban J connectivity index is 3.63. The predicted molar refractivity (Wildman–Crippen MR) is 59.7 cm³/mol. The minimum absolute atomic E-state index is 0.0143. The lowest BCUT2D eigenvalue weighted by Crippen LogP contribution is -2.41. The van der Waals surface area contributed by atoms with Crippen LogP contribution in [-0.4, -0.2) is 41.8 Å². The third-order valence-corrected chi connectivity index (χ3v) is 2.35. The molecule has 1 unspecified atom stereocenters. The van der Waals surface area contributed by atoms with Crippen LogP contribution in [0.3, 0.4) is 0 Å². The van der Waals surface area contributed by atoms with Crippen molar-refractivity contribution < 1.29 is 15.0 Å². The highest BCUT2D eigenvalue weighted by atomic mass is 16.3. The van der Waals surface area contributed by atoms with Crippen molar-refractivity contribution in [2.24, 2.45) is 0 Å². The van der Waals surface area contributed by atoms with E-state index in [2.05, 4.69) is 12.2 Å². The molecule has 4 nitrogen and oxygen atoms in total. The zero-order valence-corrected chi connectivity index (χ0v) is 9.54. The first-order valence-corrected chi connectivity index (χ1v) is 5.74. The van der Waals surface area contributed by atoms with Gasteiger partial charge in [-0.1, -0.05) is 26.2 Å². The van der Waals surface area contributed by atoms with Crippen LogP contribution in [-0.2, 0) is 4.79 Å². The van der Waals surface area contributed by atoms with E-state index in [0.717, 1.165) is 25.7 Å². The van der Waals surface area contributed by atoms with Gasteiger partial charge in [0.05, 0.1) is 19.3 Å². The summed E-state index contributed by atoms with van der Waals surface area (Å²) in [7, 11) is 0. The van der Waals surface area contributed by atoms with Crippen molar-refractivity contribution in [2.75, 3.05) is 19.8 Å². The first-order chi connectivity index (χ1) is 7.26. The Hall–Kier alpha value is -0.450. The lowest BCUT2D eigenvalue weighted by Gasteiger charge is -2.13. The van der Waals surface area contributed by atoms with Crippen LogP contribution >= 0.6 is 0 Å². The summed E-state index contributed by atoms with van der Waals surface area (Å²) in [5.41, 5.74) is 0. The number of nitrogens with one attached hydrogen (secondary N) is 1. The van der Waals surface area contributed by atoms with Crippen molar-refractivity contribution in [3.05, 3.63) is 0 Å². The molecular formula is C11H23NO3. The lowest BCUT2D eigenvalue weighted by atomic mass is 10.1. The topological polar surface area (TPSA) is 69.6 Å². The van der Waals surface area contributed by atoms with Gasteiger partial charge in [-0.2, -0.15) is 0 Å². The molecule has 0 fully saturated rings. The first kappa shape index (κ1) is 14.6. The first-order valence-electron chi connectivity index (χ1n) is 5.74. The fourth-order valence-corrected chi connectivity index (χ4v) is 1.42. The van der Waals surface area contributed by atoms with Gasteiger partial charge in [-0.25, -0.2) is 0 Å². The van der Waals surface area contributed by atoms with Crippen molar-refractivity contribution in [1.29, 1.82) is 0 Å². The lowest BCUT2D eigenvalue weighted by molar-refractivity contribution is -0.122. The van der Waals surface area contributed by atoms with E-state index in [1.165, 1.54) is 0 Å². The molecule has 0 aliphatic heterocycles. The average molecular weight is 217 g/mol. The Bertz CT molecular complexity index is 162. The summed E-state index contributed by atoms with van der Waals surface area (Å²) in [6.07, 6.45) is 4.79. The van der Waals surface area contributed by atoms with Crippen molar-refractivity contribution >= 4 is 5.78 Å². The number of hydrogen-bond acceptors (Lipinski definition) is 4. The smallest absolute Gasteiger partial charge is 0.152 e. The standard InChI is InChI=1S/C11H23NO3/c1-2-3-4-5-6-11(15)10(9-14)12-7-8-13/h10,12-14H,2-9H2,1H3. The summed E-state index contributed by atoms with van der Waals surface area (Å²) in [5, 5.41) is 20.4. The van der Waals surface area contributed by atoms with Crippen LogP contribution in [0, 0.1) is 0 Å². The normalized spacial score (nSPS) is 12.7. The number of aliphatic hydroxyl groups is 2. The highest BCUT2D eigenvalue weighted by Crippen LogP contribution is 2.04. The van der Waals surface area contributed by atoms with Gasteiger partial charge in [-0.3, -0.25) is 4.79 Å². The molecule has 0 spiro atoms. The molecule has 4 heteroatoms. The van der Waals surface area contributed by atoms with Gasteiger partial charge in [0.25, 0.3) is 0 Å². The highest BCUT2D eigenvalue weighted by Gasteiger charge is 2.15. The van der Waals surface area contributed by atoms with E-state index in [9.17, 15) is 4.79 Å². The molecule has 0 aromatic heterocycles. The van der Waals surface area contributed by atoms with E-state index in [1.807, 2.05) is 0 Å². The van der Waals surface area contributed by atoms with Gasteiger partial charge in [0, 0.05) is 13.0 Å². The van der Waals surface area contributed by atoms with Gasteiger partial charge < -0.3 is 15.5 Å². The molecule has 1 atom stereocenters. The van der Waals surface area contributed by atoms with Crippen molar-refractivity contribution in [2.45, 2.75) is 45.1 Å². The third kappa shape index (κ3) is 7.48. The minimum Gasteiger partial charge on any atom is -0.395 e. The van der Waals surface area contributed by atoms with E-state index in [4.69, 9.17) is 10.2 Å². The Morgan fingerprint density at radius 1 is 1.27 bits per heavy atom. The van der Waals surface area contributed by atoms with Crippen LogP contribution in [0.1, 0.15) is 39.0 Å². The van der Waals surface area contributed by atoms with Gasteiger partial charge in [0.15, 0.2) is 5.78 Å². The van der Waals surface area contributed by atoms with Crippen LogP contribution in [0.5, 0.6) is 0 Å². The molecule has 15 heavy (non-hydrogen) atoms. The van der Waals surface area contributed by atoms with E-state index >= 15 is 0 Å². The zero-order valence-electron chi connectivity index (χ0n) is 9.54. The SMILES string of the molecule is CCCCCCC(=O)C(CO)NCCO. The van der Waals surface area contributed by atoms with E-state index < -0.39 is 6.04 Å². The number of rotatable bonds is 10. The molecule has 0 aliphatic carbocycles. The Morgan fingerprint density at radius 2 is 2.00 bits per heavy atom. The number of unbranched alkanes of at least 4 members (excludes halogenated alkanes) is 3. The molecule has 90 valence electrons. The maximum absolute atomic E-state index is 11.5. The number of Topliss-reactive ketones (excluding diaryl/α,β-unsaturated/α-hetero) is 1. The van der Waals surface area contributed by atoms with E-state index in [1.54, 1.807) is 0 Å². The van der Waals surface area contributed by atoms with Gasteiger partial charge >= 0.3 is 0 Å². The molecule has 0 aromatic rings. The molecule has 0 bridgehead atoms. The molecule has 0 aliphatic rings. The predicted octanol–water partition coefficient (Wildman–Crippen LogP) is 0.469. The van der Waals surface area contributed by atoms with Gasteiger partial charge in [-0.05, 0) is 6.42 Å². The summed E-state index contributed by atoms with van der Waals surface area (Å²) in [4.78, 5) is 11.5. The maximum atomic E-state index is 11.5. The molecule has 0 aromatic carbocycles. The molecule has 0 heterocycles.